The summed E-state index contributed by atoms with van der Waals surface area (Å²) in [7, 11) is -3.38. The lowest BCUT2D eigenvalue weighted by Gasteiger charge is -2.27. The van der Waals surface area contributed by atoms with Gasteiger partial charge in [0.15, 0.2) is 0 Å². The third kappa shape index (κ3) is 3.96. The molecule has 0 unspecified atom stereocenters. The van der Waals surface area contributed by atoms with Crippen LogP contribution in [0.4, 0.5) is 0 Å². The molecule has 24 heavy (non-hydrogen) atoms. The van der Waals surface area contributed by atoms with Crippen molar-refractivity contribution in [1.82, 2.24) is 9.21 Å². The van der Waals surface area contributed by atoms with Crippen LogP contribution in [-0.4, -0.2) is 62.1 Å². The zero-order valence-corrected chi connectivity index (χ0v) is 14.6. The van der Waals surface area contributed by atoms with Crippen molar-refractivity contribution in [3.63, 3.8) is 0 Å². The first kappa shape index (κ1) is 17.4. The number of amides is 1. The molecule has 132 valence electrons. The van der Waals surface area contributed by atoms with E-state index in [0.29, 0.717) is 32.8 Å². The van der Waals surface area contributed by atoms with Crippen LogP contribution in [0, 0.1) is 0 Å². The average Bonchev–Trinajstić information content (AvgIpc) is 3.11. The maximum Gasteiger partial charge on any atom is 0.224 e. The van der Waals surface area contributed by atoms with E-state index < -0.39 is 10.0 Å². The molecule has 0 aromatic heterocycles. The normalized spacial score (nSPS) is 22.7. The first-order chi connectivity index (χ1) is 11.6. The summed E-state index contributed by atoms with van der Waals surface area (Å²) in [5, 5.41) is 0. The lowest BCUT2D eigenvalue weighted by Crippen LogP contribution is -2.42. The molecule has 0 N–H and O–H groups in total. The molecule has 0 radical (unpaired) electrons. The Morgan fingerprint density at radius 1 is 1.12 bits per heavy atom. The Morgan fingerprint density at radius 3 is 2.54 bits per heavy atom. The Morgan fingerprint density at radius 2 is 1.83 bits per heavy atom. The van der Waals surface area contributed by atoms with E-state index in [-0.39, 0.29) is 24.1 Å². The lowest BCUT2D eigenvalue weighted by molar-refractivity contribution is -0.131. The Hall–Kier alpha value is -1.44. The van der Waals surface area contributed by atoms with Crippen LogP contribution in [0.1, 0.15) is 30.9 Å². The van der Waals surface area contributed by atoms with Gasteiger partial charge >= 0.3 is 0 Å². The zero-order valence-electron chi connectivity index (χ0n) is 13.8. The molecule has 2 saturated heterocycles. The number of nitrogens with zero attached hydrogens (tertiary/aromatic N) is 2. The van der Waals surface area contributed by atoms with Gasteiger partial charge in [-0.05, 0) is 18.4 Å². The molecule has 6 nitrogen and oxygen atoms in total. The zero-order chi connectivity index (χ0) is 17.0. The molecule has 2 heterocycles. The van der Waals surface area contributed by atoms with Gasteiger partial charge in [0.05, 0.1) is 25.0 Å². The summed E-state index contributed by atoms with van der Waals surface area (Å²) in [5.41, 5.74) is 1.12. The Kier molecular flexibility index (Phi) is 5.53. The van der Waals surface area contributed by atoms with E-state index in [1.165, 1.54) is 4.31 Å². The SMILES string of the molecule is O=C(CCS(=O)(=O)N1CCOCC1)N1CCC[C@@H]1c1ccccc1. The predicted octanol–water partition coefficient (Wildman–Crippen LogP) is 1.40. The highest BCUT2D eigenvalue weighted by Gasteiger charge is 2.31. The van der Waals surface area contributed by atoms with Gasteiger partial charge in [-0.25, -0.2) is 8.42 Å². The van der Waals surface area contributed by atoms with Crippen molar-refractivity contribution in [2.24, 2.45) is 0 Å². The average molecular weight is 352 g/mol. The molecule has 0 aliphatic carbocycles. The number of carbonyl (C=O) groups is 1. The number of carbonyl (C=O) groups excluding carboxylic acids is 1. The Labute approximate surface area is 143 Å². The number of morpholine rings is 1. The monoisotopic (exact) mass is 352 g/mol. The Balaban J connectivity index is 1.60. The summed E-state index contributed by atoms with van der Waals surface area (Å²) in [6.07, 6.45) is 1.94. The molecule has 1 amide bonds. The van der Waals surface area contributed by atoms with Crippen LogP contribution in [0.5, 0.6) is 0 Å². The molecule has 2 aliphatic rings. The highest BCUT2D eigenvalue weighted by Crippen LogP contribution is 2.32. The number of sulfonamides is 1. The van der Waals surface area contributed by atoms with Crippen LogP contribution in [0.15, 0.2) is 30.3 Å². The summed E-state index contributed by atoms with van der Waals surface area (Å²) >= 11 is 0. The van der Waals surface area contributed by atoms with Gasteiger partial charge in [0, 0.05) is 26.1 Å². The fourth-order valence-electron chi connectivity index (χ4n) is 3.40. The molecule has 0 bridgehead atoms. The van der Waals surface area contributed by atoms with Crippen molar-refractivity contribution in [1.29, 1.82) is 0 Å². The largest absolute Gasteiger partial charge is 0.379 e. The van der Waals surface area contributed by atoms with E-state index in [2.05, 4.69) is 0 Å². The van der Waals surface area contributed by atoms with Crippen LogP contribution < -0.4 is 0 Å². The van der Waals surface area contributed by atoms with Gasteiger partial charge in [-0.1, -0.05) is 30.3 Å². The lowest BCUT2D eigenvalue weighted by atomic mass is 10.0. The minimum absolute atomic E-state index is 0.0447. The molecule has 2 fully saturated rings. The van der Waals surface area contributed by atoms with E-state index in [9.17, 15) is 13.2 Å². The molecule has 0 spiro atoms. The van der Waals surface area contributed by atoms with Gasteiger partial charge in [-0.2, -0.15) is 4.31 Å². The molecule has 1 aromatic carbocycles. The summed E-state index contributed by atoms with van der Waals surface area (Å²) in [4.78, 5) is 14.4. The van der Waals surface area contributed by atoms with Gasteiger partial charge in [0.25, 0.3) is 0 Å². The number of rotatable bonds is 5. The number of hydrogen-bond acceptors (Lipinski definition) is 4. The number of ether oxygens (including phenoxy) is 1. The number of hydrogen-bond donors (Lipinski definition) is 0. The maximum absolute atomic E-state index is 12.6. The summed E-state index contributed by atoms with van der Waals surface area (Å²) < 4.78 is 31.3. The van der Waals surface area contributed by atoms with Gasteiger partial charge in [-0.3, -0.25) is 4.79 Å². The molecule has 7 heteroatoms. The minimum Gasteiger partial charge on any atom is -0.379 e. The van der Waals surface area contributed by atoms with Gasteiger partial charge in [0.1, 0.15) is 0 Å². The van der Waals surface area contributed by atoms with E-state index in [1.54, 1.807) is 0 Å². The van der Waals surface area contributed by atoms with Gasteiger partial charge < -0.3 is 9.64 Å². The summed E-state index contributed by atoms with van der Waals surface area (Å²) in [5.74, 6) is -0.192. The predicted molar refractivity (Wildman–Crippen MR) is 90.9 cm³/mol. The third-order valence-electron chi connectivity index (χ3n) is 4.69. The van der Waals surface area contributed by atoms with E-state index in [0.717, 1.165) is 18.4 Å². The first-order valence-corrected chi connectivity index (χ1v) is 10.1. The molecule has 0 saturated carbocycles. The topological polar surface area (TPSA) is 66.9 Å². The molecular formula is C17H24N2O4S. The molecule has 1 aromatic rings. The second-order valence-corrected chi connectivity index (χ2v) is 8.32. The Bertz CT molecular complexity index is 656. The van der Waals surface area contributed by atoms with Crippen molar-refractivity contribution in [3.05, 3.63) is 35.9 Å². The minimum atomic E-state index is -3.38. The highest BCUT2D eigenvalue weighted by atomic mass is 32.2. The van der Waals surface area contributed by atoms with Crippen LogP contribution >= 0.6 is 0 Å². The maximum atomic E-state index is 12.6. The van der Waals surface area contributed by atoms with E-state index >= 15 is 0 Å². The van der Waals surface area contributed by atoms with Crippen LogP contribution in [-0.2, 0) is 19.6 Å². The highest BCUT2D eigenvalue weighted by molar-refractivity contribution is 7.89. The second kappa shape index (κ2) is 7.63. The summed E-state index contributed by atoms with van der Waals surface area (Å²) in [6, 6.07) is 10.0. The first-order valence-electron chi connectivity index (χ1n) is 8.48. The van der Waals surface area contributed by atoms with Crippen molar-refractivity contribution >= 4 is 15.9 Å². The fourth-order valence-corrected chi connectivity index (χ4v) is 4.80. The molecule has 1 atom stereocenters. The molecule has 3 rings (SSSR count). The van der Waals surface area contributed by atoms with Crippen LogP contribution in [0.25, 0.3) is 0 Å². The standard InChI is InChI=1S/C17H24N2O4S/c20-17(8-14-24(21,22)18-10-12-23-13-11-18)19-9-4-7-16(19)15-5-2-1-3-6-15/h1-3,5-6,16H,4,7-14H2/t16-/m1/s1. The van der Waals surface area contributed by atoms with Crippen molar-refractivity contribution in [2.75, 3.05) is 38.6 Å². The van der Waals surface area contributed by atoms with Crippen LogP contribution in [0.3, 0.4) is 0 Å². The molecule has 2 aliphatic heterocycles. The van der Waals surface area contributed by atoms with Crippen molar-refractivity contribution < 1.29 is 17.9 Å². The van der Waals surface area contributed by atoms with Gasteiger partial charge in [0.2, 0.25) is 15.9 Å². The van der Waals surface area contributed by atoms with Crippen molar-refractivity contribution in [2.45, 2.75) is 25.3 Å². The molecular weight excluding hydrogens is 328 g/mol. The smallest absolute Gasteiger partial charge is 0.224 e. The number of likely N-dealkylation sites (tertiary alicyclic amines) is 1. The van der Waals surface area contributed by atoms with Crippen molar-refractivity contribution in [3.8, 4) is 0 Å². The van der Waals surface area contributed by atoms with Crippen LogP contribution in [0.2, 0.25) is 0 Å². The summed E-state index contributed by atoms with van der Waals surface area (Å²) in [6.45, 7) is 2.32. The van der Waals surface area contributed by atoms with Gasteiger partial charge in [-0.15, -0.1) is 0 Å². The third-order valence-corrected chi connectivity index (χ3v) is 6.57. The van der Waals surface area contributed by atoms with E-state index in [4.69, 9.17) is 4.74 Å². The second-order valence-electron chi connectivity index (χ2n) is 6.23. The number of benzene rings is 1. The fraction of sp³-hybridized carbons (Fsp3) is 0.588. The quantitative estimate of drug-likeness (QED) is 0.803. The van der Waals surface area contributed by atoms with E-state index in [1.807, 2.05) is 35.2 Å².